The summed E-state index contributed by atoms with van der Waals surface area (Å²) in [5.74, 6) is 0. The van der Waals surface area contributed by atoms with E-state index in [4.69, 9.17) is 29.1 Å². The van der Waals surface area contributed by atoms with Gasteiger partial charge in [0.05, 0.1) is 11.6 Å². The zero-order valence-electron chi connectivity index (χ0n) is 10.8. The van der Waals surface area contributed by atoms with E-state index < -0.39 is 0 Å². The van der Waals surface area contributed by atoms with Gasteiger partial charge in [-0.3, -0.25) is 0 Å². The minimum atomic E-state index is 0.467. The van der Waals surface area contributed by atoms with E-state index in [0.29, 0.717) is 15.7 Å². The molecule has 100 valence electrons. The number of rotatable bonds is 2. The first-order chi connectivity index (χ1) is 9.58. The zero-order valence-corrected chi connectivity index (χ0v) is 12.3. The average molecular weight is 302 g/mol. The van der Waals surface area contributed by atoms with Crippen LogP contribution in [0.5, 0.6) is 0 Å². The molecular formula is C15H12ClN3S. The molecule has 2 aromatic rings. The first-order valence-electron chi connectivity index (χ1n) is 5.93. The third-order valence-corrected chi connectivity index (χ3v) is 3.31. The summed E-state index contributed by atoms with van der Waals surface area (Å²) in [5, 5.41) is 16.0. The number of thiocarbonyl (C=S) groups is 1. The van der Waals surface area contributed by atoms with Gasteiger partial charge in [0.2, 0.25) is 0 Å². The van der Waals surface area contributed by atoms with Gasteiger partial charge in [0.25, 0.3) is 0 Å². The fourth-order valence-electron chi connectivity index (χ4n) is 1.59. The quantitative estimate of drug-likeness (QED) is 0.811. The molecule has 0 unspecified atom stereocenters. The predicted molar refractivity (Wildman–Crippen MR) is 87.2 cm³/mol. The van der Waals surface area contributed by atoms with E-state index >= 15 is 0 Å². The Morgan fingerprint density at radius 3 is 2.30 bits per heavy atom. The second-order valence-electron chi connectivity index (χ2n) is 4.23. The van der Waals surface area contributed by atoms with Crippen LogP contribution < -0.4 is 10.6 Å². The van der Waals surface area contributed by atoms with Crippen LogP contribution in [0.15, 0.2) is 42.5 Å². The van der Waals surface area contributed by atoms with Crippen molar-refractivity contribution in [2.24, 2.45) is 0 Å². The molecule has 0 amide bonds. The van der Waals surface area contributed by atoms with Gasteiger partial charge in [0.1, 0.15) is 0 Å². The molecule has 0 aliphatic carbocycles. The summed E-state index contributed by atoms with van der Waals surface area (Å²) >= 11 is 11.3. The molecule has 0 bridgehead atoms. The van der Waals surface area contributed by atoms with Crippen LogP contribution >= 0.6 is 23.8 Å². The molecule has 0 saturated heterocycles. The Morgan fingerprint density at radius 2 is 1.70 bits per heavy atom. The monoisotopic (exact) mass is 301 g/mol. The number of benzene rings is 2. The maximum atomic E-state index is 8.73. The van der Waals surface area contributed by atoms with Crippen molar-refractivity contribution in [3.8, 4) is 6.07 Å². The number of hydrogen-bond acceptors (Lipinski definition) is 2. The summed E-state index contributed by atoms with van der Waals surface area (Å²) in [6, 6.07) is 14.8. The number of halogens is 1. The van der Waals surface area contributed by atoms with Crippen LogP contribution in [0.2, 0.25) is 5.02 Å². The van der Waals surface area contributed by atoms with Crippen LogP contribution in [0.4, 0.5) is 11.4 Å². The molecule has 0 aliphatic heterocycles. The van der Waals surface area contributed by atoms with E-state index in [1.807, 2.05) is 25.1 Å². The van der Waals surface area contributed by atoms with Gasteiger partial charge in [-0.1, -0.05) is 17.7 Å². The summed E-state index contributed by atoms with van der Waals surface area (Å²) in [6.45, 7) is 1.94. The highest BCUT2D eigenvalue weighted by atomic mass is 35.5. The molecule has 0 atom stereocenters. The molecule has 0 heterocycles. The van der Waals surface area contributed by atoms with Gasteiger partial charge < -0.3 is 10.6 Å². The highest BCUT2D eigenvalue weighted by Crippen LogP contribution is 2.20. The zero-order chi connectivity index (χ0) is 14.5. The molecule has 2 rings (SSSR count). The number of hydrogen-bond donors (Lipinski definition) is 2. The molecule has 0 saturated carbocycles. The molecule has 0 spiro atoms. The van der Waals surface area contributed by atoms with Crippen LogP contribution in [0.25, 0.3) is 0 Å². The molecule has 20 heavy (non-hydrogen) atoms. The van der Waals surface area contributed by atoms with Crippen LogP contribution in [-0.4, -0.2) is 5.11 Å². The molecule has 0 radical (unpaired) electrons. The molecule has 2 aromatic carbocycles. The van der Waals surface area contributed by atoms with Crippen molar-refractivity contribution in [3.05, 3.63) is 58.6 Å². The summed E-state index contributed by atoms with van der Waals surface area (Å²) < 4.78 is 0. The Bertz CT molecular complexity index is 675. The number of nitriles is 1. The Labute approximate surface area is 128 Å². The van der Waals surface area contributed by atoms with Crippen molar-refractivity contribution in [1.82, 2.24) is 0 Å². The van der Waals surface area contributed by atoms with Crippen LogP contribution in [-0.2, 0) is 0 Å². The molecule has 0 aromatic heterocycles. The lowest BCUT2D eigenvalue weighted by Gasteiger charge is -2.11. The van der Waals surface area contributed by atoms with E-state index in [-0.39, 0.29) is 0 Å². The lowest BCUT2D eigenvalue weighted by atomic mass is 10.2. The summed E-state index contributed by atoms with van der Waals surface area (Å²) in [6.07, 6.45) is 0. The minimum Gasteiger partial charge on any atom is -0.332 e. The van der Waals surface area contributed by atoms with Gasteiger partial charge in [-0.05, 0) is 61.1 Å². The molecular weight excluding hydrogens is 290 g/mol. The second kappa shape index (κ2) is 6.38. The number of aryl methyl sites for hydroxylation is 1. The van der Waals surface area contributed by atoms with E-state index in [1.54, 1.807) is 24.3 Å². The second-order valence-corrected chi connectivity index (χ2v) is 5.05. The SMILES string of the molecule is Cc1ccc(NC(=S)Nc2ccc(C#N)cc2)cc1Cl. The van der Waals surface area contributed by atoms with Crippen molar-refractivity contribution in [3.63, 3.8) is 0 Å². The largest absolute Gasteiger partial charge is 0.332 e. The average Bonchev–Trinajstić information content (AvgIpc) is 2.44. The van der Waals surface area contributed by atoms with E-state index in [9.17, 15) is 0 Å². The fourth-order valence-corrected chi connectivity index (χ4v) is 2.01. The molecule has 0 aliphatic rings. The Morgan fingerprint density at radius 1 is 1.10 bits per heavy atom. The van der Waals surface area contributed by atoms with Crippen LogP contribution in [0, 0.1) is 18.3 Å². The van der Waals surface area contributed by atoms with E-state index in [1.165, 1.54) is 0 Å². The van der Waals surface area contributed by atoms with Crippen molar-refractivity contribution in [2.45, 2.75) is 6.92 Å². The van der Waals surface area contributed by atoms with Crippen molar-refractivity contribution in [1.29, 1.82) is 5.26 Å². The van der Waals surface area contributed by atoms with Gasteiger partial charge in [0.15, 0.2) is 5.11 Å². The van der Waals surface area contributed by atoms with Gasteiger partial charge in [0, 0.05) is 16.4 Å². The topological polar surface area (TPSA) is 47.8 Å². The Kier molecular flexibility index (Phi) is 4.57. The highest BCUT2D eigenvalue weighted by molar-refractivity contribution is 7.80. The summed E-state index contributed by atoms with van der Waals surface area (Å²) in [5.41, 5.74) is 3.27. The van der Waals surface area contributed by atoms with Gasteiger partial charge in [-0.2, -0.15) is 5.26 Å². The number of anilines is 2. The van der Waals surface area contributed by atoms with Crippen molar-refractivity contribution < 1.29 is 0 Å². The van der Waals surface area contributed by atoms with E-state index in [2.05, 4.69) is 16.7 Å². The summed E-state index contributed by atoms with van der Waals surface area (Å²) in [4.78, 5) is 0. The first-order valence-corrected chi connectivity index (χ1v) is 6.71. The first kappa shape index (κ1) is 14.3. The number of nitrogens with zero attached hydrogens (tertiary/aromatic N) is 1. The lowest BCUT2D eigenvalue weighted by molar-refractivity contribution is 1.46. The maximum absolute atomic E-state index is 8.73. The van der Waals surface area contributed by atoms with Gasteiger partial charge >= 0.3 is 0 Å². The fraction of sp³-hybridized carbons (Fsp3) is 0.0667. The van der Waals surface area contributed by atoms with Crippen LogP contribution in [0.1, 0.15) is 11.1 Å². The smallest absolute Gasteiger partial charge is 0.175 e. The third kappa shape index (κ3) is 3.70. The summed E-state index contributed by atoms with van der Waals surface area (Å²) in [7, 11) is 0. The predicted octanol–water partition coefficient (Wildman–Crippen LogP) is 4.33. The normalized spacial score (nSPS) is 9.65. The minimum absolute atomic E-state index is 0.467. The molecule has 3 nitrogen and oxygen atoms in total. The highest BCUT2D eigenvalue weighted by Gasteiger charge is 2.01. The van der Waals surface area contributed by atoms with Crippen LogP contribution in [0.3, 0.4) is 0 Å². The Balaban J connectivity index is 2.01. The van der Waals surface area contributed by atoms with E-state index in [0.717, 1.165) is 16.9 Å². The standard InChI is InChI=1S/C15H12ClN3S/c1-10-2-5-13(8-14(10)16)19-15(20)18-12-6-3-11(9-17)4-7-12/h2-8H,1H3,(H2,18,19,20). The maximum Gasteiger partial charge on any atom is 0.175 e. The van der Waals surface area contributed by atoms with Gasteiger partial charge in [-0.25, -0.2) is 0 Å². The van der Waals surface area contributed by atoms with Gasteiger partial charge in [-0.15, -0.1) is 0 Å². The van der Waals surface area contributed by atoms with Crippen molar-refractivity contribution in [2.75, 3.05) is 10.6 Å². The van der Waals surface area contributed by atoms with Crippen molar-refractivity contribution >= 4 is 40.3 Å². The molecule has 5 heteroatoms. The Hall–Kier alpha value is -2.09. The molecule has 0 fully saturated rings. The molecule has 2 N–H and O–H groups in total. The number of nitrogens with one attached hydrogen (secondary N) is 2. The third-order valence-electron chi connectivity index (χ3n) is 2.70. The lowest BCUT2D eigenvalue weighted by Crippen LogP contribution is -2.19.